The van der Waals surface area contributed by atoms with Crippen LogP contribution in [0.15, 0.2) is 30.5 Å². The van der Waals surface area contributed by atoms with E-state index in [1.165, 1.54) is 0 Å². The van der Waals surface area contributed by atoms with Crippen molar-refractivity contribution in [2.75, 3.05) is 24.6 Å². The molecule has 20 heavy (non-hydrogen) atoms. The molecule has 6 nitrogen and oxygen atoms in total. The van der Waals surface area contributed by atoms with Crippen LogP contribution < -0.4 is 4.90 Å². The van der Waals surface area contributed by atoms with Crippen LogP contribution in [-0.2, 0) is 9.53 Å². The monoisotopic (exact) mass is 273 g/mol. The molecule has 1 aliphatic rings. The van der Waals surface area contributed by atoms with Gasteiger partial charge in [0.15, 0.2) is 5.82 Å². The van der Waals surface area contributed by atoms with Gasteiger partial charge in [-0.1, -0.05) is 24.3 Å². The van der Waals surface area contributed by atoms with Crippen molar-refractivity contribution in [3.05, 3.63) is 30.5 Å². The third-order valence-corrected chi connectivity index (χ3v) is 3.45. The highest BCUT2D eigenvalue weighted by Crippen LogP contribution is 2.32. The number of carboxylic acid groups (broad SMARTS) is 1. The number of ether oxygens (including phenoxy) is 1. The molecule has 0 radical (unpaired) electrons. The van der Waals surface area contributed by atoms with Crippen LogP contribution in [0.2, 0.25) is 0 Å². The lowest BCUT2D eigenvalue weighted by Crippen LogP contribution is -2.62. The van der Waals surface area contributed by atoms with Gasteiger partial charge in [0.2, 0.25) is 0 Å². The normalized spacial score (nSPS) is 16.9. The second kappa shape index (κ2) is 4.72. The van der Waals surface area contributed by atoms with Gasteiger partial charge in [0.25, 0.3) is 0 Å². The first kappa shape index (κ1) is 12.8. The lowest BCUT2D eigenvalue weighted by molar-refractivity contribution is -0.150. The van der Waals surface area contributed by atoms with E-state index in [1.807, 2.05) is 31.2 Å². The minimum absolute atomic E-state index is 0.272. The number of aromatic nitrogens is 2. The molecule has 104 valence electrons. The van der Waals surface area contributed by atoms with E-state index >= 15 is 0 Å². The van der Waals surface area contributed by atoms with E-state index in [2.05, 4.69) is 15.1 Å². The molecule has 3 rings (SSSR count). The number of carboxylic acids is 1. The zero-order valence-corrected chi connectivity index (χ0v) is 11.1. The highest BCUT2D eigenvalue weighted by atomic mass is 16.5. The number of fused-ring (bicyclic) bond motifs is 1. The number of nitrogens with zero attached hydrogens (tertiary/aromatic N) is 3. The maximum absolute atomic E-state index is 10.6. The van der Waals surface area contributed by atoms with E-state index in [9.17, 15) is 4.79 Å². The summed E-state index contributed by atoms with van der Waals surface area (Å²) >= 11 is 0. The van der Waals surface area contributed by atoms with Gasteiger partial charge in [-0.3, -0.25) is 0 Å². The molecule has 0 atom stereocenters. The Morgan fingerprint density at radius 2 is 2.20 bits per heavy atom. The third-order valence-electron chi connectivity index (χ3n) is 3.45. The second-order valence-electron chi connectivity index (χ2n) is 5.24. The molecule has 1 aromatic heterocycles. The molecule has 0 saturated carbocycles. The van der Waals surface area contributed by atoms with Crippen molar-refractivity contribution in [1.82, 2.24) is 10.2 Å². The van der Waals surface area contributed by atoms with E-state index < -0.39 is 11.6 Å². The van der Waals surface area contributed by atoms with Crippen molar-refractivity contribution in [3.8, 4) is 0 Å². The maximum atomic E-state index is 10.6. The summed E-state index contributed by atoms with van der Waals surface area (Å²) in [5.74, 6) is -0.130. The fraction of sp³-hybridized carbons (Fsp3) is 0.357. The van der Waals surface area contributed by atoms with Crippen LogP contribution in [0.5, 0.6) is 0 Å². The first-order chi connectivity index (χ1) is 9.57. The van der Waals surface area contributed by atoms with E-state index in [0.29, 0.717) is 13.1 Å². The van der Waals surface area contributed by atoms with Gasteiger partial charge in [-0.2, -0.15) is 5.10 Å². The van der Waals surface area contributed by atoms with Crippen molar-refractivity contribution in [3.63, 3.8) is 0 Å². The standard InChI is InChI=1S/C14H15N3O3/c1-14(20-7-12(18)19)8-17(9-14)13-11-5-3-2-4-10(11)6-15-16-13/h2-6H,7-9H2,1H3,(H,18,19). The summed E-state index contributed by atoms with van der Waals surface area (Å²) in [6, 6.07) is 7.93. The Morgan fingerprint density at radius 3 is 2.95 bits per heavy atom. The molecule has 0 aliphatic carbocycles. The first-order valence-electron chi connectivity index (χ1n) is 6.39. The van der Waals surface area contributed by atoms with E-state index in [-0.39, 0.29) is 6.61 Å². The number of benzene rings is 1. The Labute approximate surface area is 116 Å². The van der Waals surface area contributed by atoms with Gasteiger partial charge in [-0.15, -0.1) is 5.10 Å². The molecular formula is C14H15N3O3. The Morgan fingerprint density at radius 1 is 1.45 bits per heavy atom. The van der Waals surface area contributed by atoms with Crippen LogP contribution >= 0.6 is 0 Å². The van der Waals surface area contributed by atoms with Crippen molar-refractivity contribution < 1.29 is 14.6 Å². The summed E-state index contributed by atoms with van der Waals surface area (Å²) in [6.45, 7) is 2.86. The average Bonchev–Trinajstić information content (AvgIpc) is 2.41. The number of anilines is 1. The smallest absolute Gasteiger partial charge is 0.329 e. The van der Waals surface area contributed by atoms with Gasteiger partial charge in [0.1, 0.15) is 12.2 Å². The minimum Gasteiger partial charge on any atom is -0.480 e. The predicted octanol–water partition coefficient (Wildman–Crippen LogP) is 1.31. The van der Waals surface area contributed by atoms with Crippen LogP contribution in [0.3, 0.4) is 0 Å². The van der Waals surface area contributed by atoms with Crippen molar-refractivity contribution >= 4 is 22.6 Å². The zero-order chi connectivity index (χ0) is 14.2. The highest BCUT2D eigenvalue weighted by molar-refractivity contribution is 5.91. The van der Waals surface area contributed by atoms with Gasteiger partial charge in [0.05, 0.1) is 19.3 Å². The number of hydrogen-bond donors (Lipinski definition) is 1. The van der Waals surface area contributed by atoms with E-state index in [1.54, 1.807) is 6.20 Å². The molecule has 2 aromatic rings. The molecule has 1 N–H and O–H groups in total. The molecule has 0 bridgehead atoms. The summed E-state index contributed by atoms with van der Waals surface area (Å²) in [5.41, 5.74) is -0.434. The average molecular weight is 273 g/mol. The number of rotatable bonds is 4. The first-order valence-corrected chi connectivity index (χ1v) is 6.39. The summed E-state index contributed by atoms with van der Waals surface area (Å²) < 4.78 is 5.40. The Hall–Kier alpha value is -2.21. The van der Waals surface area contributed by atoms with Gasteiger partial charge >= 0.3 is 5.97 Å². The van der Waals surface area contributed by atoms with Gasteiger partial charge in [-0.25, -0.2) is 4.79 Å². The fourth-order valence-corrected chi connectivity index (χ4v) is 2.48. The Bertz CT molecular complexity index is 648. The molecule has 1 fully saturated rings. The Kier molecular flexibility index (Phi) is 3.02. The predicted molar refractivity (Wildman–Crippen MR) is 73.7 cm³/mol. The highest BCUT2D eigenvalue weighted by Gasteiger charge is 2.41. The number of aliphatic carboxylic acids is 1. The van der Waals surface area contributed by atoms with Crippen LogP contribution in [0.1, 0.15) is 6.92 Å². The Balaban J connectivity index is 1.77. The SMILES string of the molecule is CC1(OCC(=O)O)CN(c2nncc3ccccc23)C1. The van der Waals surface area contributed by atoms with Crippen molar-refractivity contribution in [2.45, 2.75) is 12.5 Å². The fourth-order valence-electron chi connectivity index (χ4n) is 2.48. The molecule has 2 heterocycles. The topological polar surface area (TPSA) is 75.6 Å². The van der Waals surface area contributed by atoms with Gasteiger partial charge < -0.3 is 14.7 Å². The largest absolute Gasteiger partial charge is 0.480 e. The van der Waals surface area contributed by atoms with Crippen molar-refractivity contribution in [1.29, 1.82) is 0 Å². The quantitative estimate of drug-likeness (QED) is 0.905. The lowest BCUT2D eigenvalue weighted by atomic mass is 9.96. The van der Waals surface area contributed by atoms with Crippen LogP contribution in [0, 0.1) is 0 Å². The number of carbonyl (C=O) groups is 1. The molecule has 1 saturated heterocycles. The summed E-state index contributed by atoms with van der Waals surface area (Å²) in [6.07, 6.45) is 1.73. The molecule has 0 amide bonds. The zero-order valence-electron chi connectivity index (χ0n) is 11.1. The molecule has 0 spiro atoms. The van der Waals surface area contributed by atoms with Gasteiger partial charge in [0, 0.05) is 10.8 Å². The van der Waals surface area contributed by atoms with E-state index in [0.717, 1.165) is 16.6 Å². The summed E-state index contributed by atoms with van der Waals surface area (Å²) in [5, 5.41) is 18.9. The maximum Gasteiger partial charge on any atom is 0.329 e. The molecular weight excluding hydrogens is 258 g/mol. The van der Waals surface area contributed by atoms with Crippen molar-refractivity contribution in [2.24, 2.45) is 0 Å². The summed E-state index contributed by atoms with van der Waals surface area (Å²) in [4.78, 5) is 12.6. The molecule has 1 aromatic carbocycles. The second-order valence-corrected chi connectivity index (χ2v) is 5.24. The van der Waals surface area contributed by atoms with Crippen LogP contribution in [-0.4, -0.2) is 46.6 Å². The summed E-state index contributed by atoms with van der Waals surface area (Å²) in [7, 11) is 0. The lowest BCUT2D eigenvalue weighted by Gasteiger charge is -2.47. The van der Waals surface area contributed by atoms with Gasteiger partial charge in [-0.05, 0) is 6.92 Å². The molecule has 1 aliphatic heterocycles. The minimum atomic E-state index is -0.949. The van der Waals surface area contributed by atoms with Crippen LogP contribution in [0.4, 0.5) is 5.82 Å². The van der Waals surface area contributed by atoms with E-state index in [4.69, 9.17) is 9.84 Å². The number of hydrogen-bond acceptors (Lipinski definition) is 5. The molecule has 0 unspecified atom stereocenters. The molecule has 6 heteroatoms. The third kappa shape index (κ3) is 2.30. The van der Waals surface area contributed by atoms with Crippen LogP contribution in [0.25, 0.3) is 10.8 Å².